The van der Waals surface area contributed by atoms with Crippen LogP contribution in [-0.4, -0.2) is 42.7 Å². The molecule has 0 atom stereocenters. The number of esters is 3. The number of hydrogen-bond donors (Lipinski definition) is 0. The van der Waals surface area contributed by atoms with Gasteiger partial charge < -0.3 is 14.2 Å². The van der Waals surface area contributed by atoms with Gasteiger partial charge >= 0.3 is 17.9 Å². The van der Waals surface area contributed by atoms with Crippen LogP contribution in [0.3, 0.4) is 0 Å². The van der Waals surface area contributed by atoms with Crippen LogP contribution in [0.5, 0.6) is 0 Å². The number of nitrogens with zero attached hydrogens (tertiary/aromatic N) is 1. The smallest absolute Gasteiger partial charge is 0.335 e. The third-order valence-corrected chi connectivity index (χ3v) is 3.81. The van der Waals surface area contributed by atoms with Gasteiger partial charge in [0.1, 0.15) is 0 Å². The van der Waals surface area contributed by atoms with Crippen molar-refractivity contribution in [1.29, 1.82) is 0 Å². The Morgan fingerprint density at radius 3 is 1.78 bits per heavy atom. The molecule has 27 heavy (non-hydrogen) atoms. The van der Waals surface area contributed by atoms with E-state index in [9.17, 15) is 24.5 Å². The Labute approximate surface area is 156 Å². The van der Waals surface area contributed by atoms with Crippen molar-refractivity contribution in [3.8, 4) is 0 Å². The third kappa shape index (κ3) is 4.81. The lowest BCUT2D eigenvalue weighted by molar-refractivity contribution is -0.385. The molecule has 1 rings (SSSR count). The quantitative estimate of drug-likeness (QED) is 0.210. The van der Waals surface area contributed by atoms with Crippen LogP contribution >= 0.6 is 0 Å². The first-order valence-corrected chi connectivity index (χ1v) is 8.50. The average molecular weight is 381 g/mol. The van der Waals surface area contributed by atoms with Crippen LogP contribution in [0.4, 0.5) is 5.69 Å². The molecule has 9 heteroatoms. The number of rotatable bonds is 9. The van der Waals surface area contributed by atoms with Crippen LogP contribution in [0.15, 0.2) is 18.2 Å². The molecule has 0 unspecified atom stereocenters. The van der Waals surface area contributed by atoms with Crippen molar-refractivity contribution in [2.75, 3.05) is 19.8 Å². The van der Waals surface area contributed by atoms with E-state index in [1.165, 1.54) is 39.0 Å². The van der Waals surface area contributed by atoms with E-state index < -0.39 is 34.7 Å². The van der Waals surface area contributed by atoms with Gasteiger partial charge in [0.05, 0.1) is 24.7 Å². The van der Waals surface area contributed by atoms with Crippen LogP contribution in [0, 0.1) is 22.5 Å². The summed E-state index contributed by atoms with van der Waals surface area (Å²) < 4.78 is 14.8. The first kappa shape index (κ1) is 22.1. The number of nitro groups is 1. The highest BCUT2D eigenvalue weighted by molar-refractivity contribution is 6.18. The summed E-state index contributed by atoms with van der Waals surface area (Å²) in [6, 6.07) is 4.18. The number of carbonyl (C=O) groups is 3. The highest BCUT2D eigenvalue weighted by atomic mass is 16.6. The fourth-order valence-electron chi connectivity index (χ4n) is 2.50. The van der Waals surface area contributed by atoms with Gasteiger partial charge in [-0.3, -0.25) is 24.5 Å². The lowest BCUT2D eigenvalue weighted by atomic mass is 9.81. The van der Waals surface area contributed by atoms with E-state index in [0.717, 1.165) is 0 Å². The van der Waals surface area contributed by atoms with E-state index in [0.29, 0.717) is 5.56 Å². The molecule has 0 N–H and O–H groups in total. The lowest BCUT2D eigenvalue weighted by Crippen LogP contribution is -2.51. The summed E-state index contributed by atoms with van der Waals surface area (Å²) in [5.41, 5.74) is -1.97. The van der Waals surface area contributed by atoms with Crippen molar-refractivity contribution in [3.63, 3.8) is 0 Å². The minimum absolute atomic E-state index is 0.0760. The molecule has 9 nitrogen and oxygen atoms in total. The molecule has 0 fully saturated rings. The fourth-order valence-corrected chi connectivity index (χ4v) is 2.50. The highest BCUT2D eigenvalue weighted by Crippen LogP contribution is 2.31. The van der Waals surface area contributed by atoms with Gasteiger partial charge in [-0.1, -0.05) is 12.1 Å². The van der Waals surface area contributed by atoms with E-state index in [-0.39, 0.29) is 31.1 Å². The van der Waals surface area contributed by atoms with Crippen LogP contribution in [0.2, 0.25) is 0 Å². The Hall–Kier alpha value is -2.97. The van der Waals surface area contributed by atoms with Gasteiger partial charge in [-0.15, -0.1) is 0 Å². The Morgan fingerprint density at radius 2 is 1.41 bits per heavy atom. The molecule has 0 aliphatic carbocycles. The summed E-state index contributed by atoms with van der Waals surface area (Å²) in [7, 11) is 0. The molecular weight excluding hydrogens is 358 g/mol. The maximum Gasteiger partial charge on any atom is 0.335 e. The van der Waals surface area contributed by atoms with E-state index in [2.05, 4.69) is 0 Å². The van der Waals surface area contributed by atoms with Crippen molar-refractivity contribution >= 4 is 23.6 Å². The summed E-state index contributed by atoms with van der Waals surface area (Å²) in [5.74, 6) is -3.36. The maximum absolute atomic E-state index is 12.6. The molecule has 0 saturated carbocycles. The summed E-state index contributed by atoms with van der Waals surface area (Å²) in [4.78, 5) is 48.5. The summed E-state index contributed by atoms with van der Waals surface area (Å²) in [6.07, 6.45) is -0.482. The second-order valence-electron chi connectivity index (χ2n) is 5.62. The molecule has 1 aromatic rings. The molecule has 0 heterocycles. The molecule has 0 aromatic heterocycles. The van der Waals surface area contributed by atoms with Gasteiger partial charge in [-0.2, -0.15) is 0 Å². The van der Waals surface area contributed by atoms with Crippen molar-refractivity contribution in [2.24, 2.45) is 5.41 Å². The Balaban J connectivity index is 3.53. The predicted molar refractivity (Wildman–Crippen MR) is 93.9 cm³/mol. The summed E-state index contributed by atoms with van der Waals surface area (Å²) in [5, 5.41) is 11.2. The van der Waals surface area contributed by atoms with Crippen molar-refractivity contribution in [1.82, 2.24) is 0 Å². The zero-order chi connectivity index (χ0) is 20.6. The molecule has 0 saturated heterocycles. The molecule has 1 aromatic carbocycles. The Morgan fingerprint density at radius 1 is 0.963 bits per heavy atom. The number of hydrogen-bond acceptors (Lipinski definition) is 8. The number of carbonyl (C=O) groups excluding carboxylic acids is 3. The molecule has 0 amide bonds. The van der Waals surface area contributed by atoms with Crippen LogP contribution < -0.4 is 0 Å². The van der Waals surface area contributed by atoms with Gasteiger partial charge in [0.2, 0.25) is 0 Å². The number of aryl methyl sites for hydroxylation is 1. The second kappa shape index (κ2) is 9.65. The Kier molecular flexibility index (Phi) is 7.89. The fraction of sp³-hybridized carbons (Fsp3) is 0.500. The van der Waals surface area contributed by atoms with E-state index in [1.54, 1.807) is 6.92 Å². The topological polar surface area (TPSA) is 122 Å². The summed E-state index contributed by atoms with van der Waals surface area (Å²) in [6.45, 7) is 5.90. The van der Waals surface area contributed by atoms with Crippen molar-refractivity contribution in [3.05, 3.63) is 39.4 Å². The predicted octanol–water partition coefficient (Wildman–Crippen LogP) is 2.12. The molecule has 0 aliphatic rings. The Bertz CT molecular complexity index is 683. The lowest BCUT2D eigenvalue weighted by Gasteiger charge is -2.27. The molecular formula is C18H23NO8. The zero-order valence-electron chi connectivity index (χ0n) is 15.8. The van der Waals surface area contributed by atoms with Crippen molar-refractivity contribution < 1.29 is 33.5 Å². The maximum atomic E-state index is 12.6. The van der Waals surface area contributed by atoms with Crippen LogP contribution in [0.1, 0.15) is 31.9 Å². The van der Waals surface area contributed by atoms with E-state index in [4.69, 9.17) is 14.2 Å². The van der Waals surface area contributed by atoms with Crippen LogP contribution in [0.25, 0.3) is 0 Å². The molecule has 0 radical (unpaired) electrons. The van der Waals surface area contributed by atoms with Crippen LogP contribution in [-0.2, 0) is 35.0 Å². The zero-order valence-corrected chi connectivity index (χ0v) is 15.8. The van der Waals surface area contributed by atoms with Gasteiger partial charge in [0.25, 0.3) is 11.1 Å². The summed E-state index contributed by atoms with van der Waals surface area (Å²) >= 11 is 0. The van der Waals surface area contributed by atoms with Gasteiger partial charge in [0.15, 0.2) is 0 Å². The van der Waals surface area contributed by atoms with E-state index >= 15 is 0 Å². The van der Waals surface area contributed by atoms with Gasteiger partial charge in [0, 0.05) is 18.1 Å². The standard InChI is InChI=1S/C18H23NO8/c1-5-25-15(20)18(16(21)26-6-2,17(22)27-7-3)11-13-9-8-12(4)14(10-13)19(23)24/h8-10H,5-7,11H2,1-4H3. The highest BCUT2D eigenvalue weighted by Gasteiger charge is 2.57. The first-order chi connectivity index (χ1) is 12.7. The largest absolute Gasteiger partial charge is 0.465 e. The second-order valence-corrected chi connectivity index (χ2v) is 5.62. The monoisotopic (exact) mass is 381 g/mol. The van der Waals surface area contributed by atoms with Gasteiger partial charge in [-0.05, 0) is 33.3 Å². The van der Waals surface area contributed by atoms with Crippen molar-refractivity contribution in [2.45, 2.75) is 34.1 Å². The SMILES string of the molecule is CCOC(=O)C(Cc1ccc(C)c([N+](=O)[O-])c1)(C(=O)OCC)C(=O)OCC. The third-order valence-electron chi connectivity index (χ3n) is 3.81. The first-order valence-electron chi connectivity index (χ1n) is 8.50. The number of ether oxygens (including phenoxy) is 3. The molecule has 0 aliphatic heterocycles. The van der Waals surface area contributed by atoms with E-state index in [1.807, 2.05) is 0 Å². The van der Waals surface area contributed by atoms with Gasteiger partial charge in [-0.25, -0.2) is 0 Å². The molecule has 148 valence electrons. The molecule has 0 bridgehead atoms. The number of benzene rings is 1. The minimum Gasteiger partial charge on any atom is -0.465 e. The minimum atomic E-state index is -2.40. The molecule has 0 spiro atoms. The number of nitro benzene ring substituents is 1. The average Bonchev–Trinajstić information content (AvgIpc) is 2.61. The normalized spacial score (nSPS) is 10.8.